The molecule has 0 heterocycles. The van der Waals surface area contributed by atoms with Crippen LogP contribution < -0.4 is 0 Å². The molecule has 0 rings (SSSR count). The van der Waals surface area contributed by atoms with Crippen molar-refractivity contribution in [3.05, 3.63) is 0 Å². The van der Waals surface area contributed by atoms with E-state index in [9.17, 15) is 0 Å². The van der Waals surface area contributed by atoms with Crippen LogP contribution in [-0.2, 0) is 4.74 Å². The van der Waals surface area contributed by atoms with Crippen LogP contribution in [0.3, 0.4) is 0 Å². The number of hydrogen-bond acceptors (Lipinski definition) is 1. The molecular weight excluding hydrogens is 184 g/mol. The molecule has 0 saturated heterocycles. The molecule has 0 spiro atoms. The van der Waals surface area contributed by atoms with Crippen molar-refractivity contribution in [2.24, 2.45) is 11.8 Å². The van der Waals surface area contributed by atoms with Gasteiger partial charge in [-0.3, -0.25) is 0 Å². The van der Waals surface area contributed by atoms with E-state index in [1.807, 2.05) is 0 Å². The number of halogens is 1. The summed E-state index contributed by atoms with van der Waals surface area (Å²) in [4.78, 5) is 0. The summed E-state index contributed by atoms with van der Waals surface area (Å²) in [5.41, 5.74) is 0. The van der Waals surface area contributed by atoms with Gasteiger partial charge in [0.1, 0.15) is 0 Å². The van der Waals surface area contributed by atoms with Gasteiger partial charge in [0.25, 0.3) is 0 Å². The summed E-state index contributed by atoms with van der Waals surface area (Å²) in [6.07, 6.45) is 2.65. The van der Waals surface area contributed by atoms with Crippen molar-refractivity contribution in [1.82, 2.24) is 0 Å². The standard InChI is InChI=1S/C11H23ClO/c1-9(2)7-11(8-12)5-6-13-10(3)4/h9-11H,5-8H2,1-4H3. The maximum Gasteiger partial charge on any atom is 0.0518 e. The van der Waals surface area contributed by atoms with Crippen LogP contribution in [0.4, 0.5) is 0 Å². The number of rotatable bonds is 7. The predicted octanol–water partition coefficient (Wildman–Crippen LogP) is 3.70. The van der Waals surface area contributed by atoms with Gasteiger partial charge >= 0.3 is 0 Å². The van der Waals surface area contributed by atoms with Crippen molar-refractivity contribution in [2.45, 2.75) is 46.6 Å². The molecule has 1 nitrogen and oxygen atoms in total. The zero-order chi connectivity index (χ0) is 10.3. The molecule has 0 N–H and O–H groups in total. The first-order chi connectivity index (χ1) is 6.06. The molecule has 0 aromatic carbocycles. The van der Waals surface area contributed by atoms with E-state index in [0.717, 1.165) is 24.8 Å². The molecule has 0 aliphatic heterocycles. The van der Waals surface area contributed by atoms with Crippen LogP contribution in [0, 0.1) is 11.8 Å². The third-order valence-corrected chi connectivity index (χ3v) is 2.44. The minimum atomic E-state index is 0.343. The first-order valence-corrected chi connectivity index (χ1v) is 5.77. The van der Waals surface area contributed by atoms with Gasteiger partial charge in [0, 0.05) is 12.5 Å². The minimum Gasteiger partial charge on any atom is -0.379 e. The summed E-state index contributed by atoms with van der Waals surface area (Å²) < 4.78 is 5.50. The first kappa shape index (κ1) is 13.2. The predicted molar refractivity (Wildman–Crippen MR) is 59.4 cm³/mol. The molecule has 0 aliphatic rings. The maximum absolute atomic E-state index is 5.87. The van der Waals surface area contributed by atoms with E-state index < -0.39 is 0 Å². The normalized spacial score (nSPS) is 14.1. The minimum absolute atomic E-state index is 0.343. The highest BCUT2D eigenvalue weighted by atomic mass is 35.5. The lowest BCUT2D eigenvalue weighted by Crippen LogP contribution is -2.12. The molecule has 0 aromatic heterocycles. The molecule has 2 heteroatoms. The fourth-order valence-corrected chi connectivity index (χ4v) is 1.68. The third-order valence-electron chi connectivity index (χ3n) is 2.00. The third kappa shape index (κ3) is 8.58. The Hall–Kier alpha value is 0.250. The van der Waals surface area contributed by atoms with Gasteiger partial charge in [-0.05, 0) is 38.5 Å². The number of ether oxygens (including phenoxy) is 1. The van der Waals surface area contributed by atoms with Gasteiger partial charge in [-0.15, -0.1) is 11.6 Å². The average Bonchev–Trinajstić information content (AvgIpc) is 2.01. The Morgan fingerprint density at radius 3 is 2.15 bits per heavy atom. The van der Waals surface area contributed by atoms with E-state index >= 15 is 0 Å². The maximum atomic E-state index is 5.87. The quantitative estimate of drug-likeness (QED) is 0.578. The average molecular weight is 207 g/mol. The van der Waals surface area contributed by atoms with Gasteiger partial charge in [-0.25, -0.2) is 0 Å². The Balaban J connectivity index is 3.48. The van der Waals surface area contributed by atoms with E-state index in [4.69, 9.17) is 16.3 Å². The van der Waals surface area contributed by atoms with Crippen LogP contribution >= 0.6 is 11.6 Å². The number of alkyl halides is 1. The molecule has 0 fully saturated rings. The first-order valence-electron chi connectivity index (χ1n) is 5.23. The summed E-state index contributed by atoms with van der Waals surface area (Å²) in [5, 5.41) is 0. The summed E-state index contributed by atoms with van der Waals surface area (Å²) >= 11 is 5.87. The van der Waals surface area contributed by atoms with Crippen LogP contribution in [0.15, 0.2) is 0 Å². The lowest BCUT2D eigenvalue weighted by molar-refractivity contribution is 0.0684. The zero-order valence-electron chi connectivity index (χ0n) is 9.35. The van der Waals surface area contributed by atoms with Crippen LogP contribution in [0.25, 0.3) is 0 Å². The SMILES string of the molecule is CC(C)CC(CCl)CCOC(C)C. The molecule has 0 aromatic rings. The molecule has 0 amide bonds. The van der Waals surface area contributed by atoms with Crippen molar-refractivity contribution in [3.63, 3.8) is 0 Å². The van der Waals surface area contributed by atoms with Gasteiger partial charge in [0.15, 0.2) is 0 Å². The van der Waals surface area contributed by atoms with Crippen LogP contribution in [0.5, 0.6) is 0 Å². The second-order valence-corrected chi connectivity index (χ2v) is 4.67. The van der Waals surface area contributed by atoms with Crippen molar-refractivity contribution < 1.29 is 4.74 Å². The van der Waals surface area contributed by atoms with Crippen molar-refractivity contribution >= 4 is 11.6 Å². The fraction of sp³-hybridized carbons (Fsp3) is 1.00. The molecule has 0 saturated carbocycles. The molecule has 0 radical (unpaired) electrons. The fourth-order valence-electron chi connectivity index (χ4n) is 1.40. The molecule has 1 atom stereocenters. The summed E-state index contributed by atoms with van der Waals surface area (Å²) in [6, 6.07) is 0. The van der Waals surface area contributed by atoms with Crippen LogP contribution in [0.1, 0.15) is 40.5 Å². The lowest BCUT2D eigenvalue weighted by Gasteiger charge is -2.16. The Morgan fingerprint density at radius 2 is 1.77 bits per heavy atom. The highest BCUT2D eigenvalue weighted by Gasteiger charge is 2.09. The highest BCUT2D eigenvalue weighted by Crippen LogP contribution is 2.17. The van der Waals surface area contributed by atoms with E-state index in [-0.39, 0.29) is 0 Å². The summed E-state index contributed by atoms with van der Waals surface area (Å²) in [6.45, 7) is 9.46. The van der Waals surface area contributed by atoms with Crippen molar-refractivity contribution in [2.75, 3.05) is 12.5 Å². The van der Waals surface area contributed by atoms with Gasteiger partial charge < -0.3 is 4.74 Å². The van der Waals surface area contributed by atoms with Crippen LogP contribution in [-0.4, -0.2) is 18.6 Å². The Morgan fingerprint density at radius 1 is 1.15 bits per heavy atom. The molecule has 0 bridgehead atoms. The zero-order valence-corrected chi connectivity index (χ0v) is 10.1. The monoisotopic (exact) mass is 206 g/mol. The second-order valence-electron chi connectivity index (χ2n) is 4.36. The van der Waals surface area contributed by atoms with Crippen molar-refractivity contribution in [1.29, 1.82) is 0 Å². The molecule has 1 unspecified atom stereocenters. The smallest absolute Gasteiger partial charge is 0.0518 e. The molecule has 0 aliphatic carbocycles. The van der Waals surface area contributed by atoms with Crippen LogP contribution in [0.2, 0.25) is 0 Å². The number of hydrogen-bond donors (Lipinski definition) is 0. The van der Waals surface area contributed by atoms with Crippen molar-refractivity contribution in [3.8, 4) is 0 Å². The Bertz CT molecular complexity index is 113. The van der Waals surface area contributed by atoms with Gasteiger partial charge in [-0.1, -0.05) is 13.8 Å². The van der Waals surface area contributed by atoms with Gasteiger partial charge in [0.2, 0.25) is 0 Å². The van der Waals surface area contributed by atoms with Gasteiger partial charge in [-0.2, -0.15) is 0 Å². The van der Waals surface area contributed by atoms with E-state index in [1.54, 1.807) is 0 Å². The molecule has 80 valence electrons. The largest absolute Gasteiger partial charge is 0.379 e. The lowest BCUT2D eigenvalue weighted by atomic mass is 9.96. The highest BCUT2D eigenvalue weighted by molar-refractivity contribution is 6.18. The van der Waals surface area contributed by atoms with E-state index in [2.05, 4.69) is 27.7 Å². The van der Waals surface area contributed by atoms with Gasteiger partial charge in [0.05, 0.1) is 6.10 Å². The summed E-state index contributed by atoms with van der Waals surface area (Å²) in [5.74, 6) is 2.13. The van der Waals surface area contributed by atoms with E-state index in [0.29, 0.717) is 12.0 Å². The molecule has 13 heavy (non-hydrogen) atoms. The summed E-state index contributed by atoms with van der Waals surface area (Å²) in [7, 11) is 0. The topological polar surface area (TPSA) is 9.23 Å². The Kier molecular flexibility index (Phi) is 7.78. The van der Waals surface area contributed by atoms with E-state index in [1.165, 1.54) is 6.42 Å². The Labute approximate surface area is 87.8 Å². The molecular formula is C11H23ClO. The second kappa shape index (κ2) is 7.64.